The lowest BCUT2D eigenvalue weighted by molar-refractivity contribution is 0.0361. The molecule has 0 saturated carbocycles. The second kappa shape index (κ2) is 4.26. The quantitative estimate of drug-likeness (QED) is 0.816. The lowest BCUT2D eigenvalue weighted by atomic mass is 9.97. The van der Waals surface area contributed by atoms with Gasteiger partial charge in [-0.1, -0.05) is 12.1 Å². The molecule has 1 N–H and O–H groups in total. The van der Waals surface area contributed by atoms with Crippen LogP contribution in [0.1, 0.15) is 21.5 Å². The predicted molar refractivity (Wildman–Crippen MR) is 62.4 cm³/mol. The van der Waals surface area contributed by atoms with Crippen LogP contribution in [0, 0.1) is 19.8 Å². The first kappa shape index (κ1) is 11.1. The van der Waals surface area contributed by atoms with Gasteiger partial charge in [0.15, 0.2) is 0 Å². The Bertz CT molecular complexity index is 408. The highest BCUT2D eigenvalue weighted by molar-refractivity contribution is 5.96. The minimum atomic E-state index is 0.0888. The number of likely N-dealkylation sites (tertiary alicyclic amines) is 1. The van der Waals surface area contributed by atoms with E-state index in [0.29, 0.717) is 13.1 Å². The third kappa shape index (κ3) is 1.83. The topological polar surface area (TPSA) is 40.5 Å². The first-order valence-corrected chi connectivity index (χ1v) is 5.60. The van der Waals surface area contributed by atoms with Crippen LogP contribution in [0.25, 0.3) is 0 Å². The fraction of sp³-hybridized carbons (Fsp3) is 0.462. The summed E-state index contributed by atoms with van der Waals surface area (Å²) in [6.45, 7) is 5.53. The summed E-state index contributed by atoms with van der Waals surface area (Å²) in [5.74, 6) is 0.361. The Labute approximate surface area is 95.7 Å². The van der Waals surface area contributed by atoms with Gasteiger partial charge in [0.2, 0.25) is 0 Å². The summed E-state index contributed by atoms with van der Waals surface area (Å²) in [6, 6.07) is 5.80. The number of benzene rings is 1. The second-order valence-electron chi connectivity index (χ2n) is 4.51. The fourth-order valence-electron chi connectivity index (χ4n) is 2.00. The molecule has 0 atom stereocenters. The Hall–Kier alpha value is -1.35. The largest absolute Gasteiger partial charge is 0.396 e. The van der Waals surface area contributed by atoms with Crippen LogP contribution in [-0.2, 0) is 0 Å². The minimum Gasteiger partial charge on any atom is -0.396 e. The molecule has 1 amide bonds. The average Bonchev–Trinajstić information content (AvgIpc) is 2.20. The van der Waals surface area contributed by atoms with E-state index in [9.17, 15) is 4.79 Å². The maximum Gasteiger partial charge on any atom is 0.254 e. The van der Waals surface area contributed by atoms with Crippen LogP contribution < -0.4 is 0 Å². The molecule has 1 aromatic carbocycles. The third-order valence-corrected chi connectivity index (χ3v) is 3.34. The van der Waals surface area contributed by atoms with E-state index in [0.717, 1.165) is 16.7 Å². The molecule has 1 heterocycles. The normalized spacial score (nSPS) is 16.1. The molecule has 0 bridgehead atoms. The number of aliphatic hydroxyl groups is 1. The van der Waals surface area contributed by atoms with Gasteiger partial charge in [-0.3, -0.25) is 4.79 Å². The molecule has 1 aliphatic rings. The molecule has 3 heteroatoms. The lowest BCUT2D eigenvalue weighted by Crippen LogP contribution is -2.51. The van der Waals surface area contributed by atoms with E-state index in [1.54, 1.807) is 4.90 Å². The Kier molecular flexibility index (Phi) is 2.97. The van der Waals surface area contributed by atoms with E-state index >= 15 is 0 Å². The second-order valence-corrected chi connectivity index (χ2v) is 4.51. The van der Waals surface area contributed by atoms with Gasteiger partial charge in [0.05, 0.1) is 0 Å². The van der Waals surface area contributed by atoms with Gasteiger partial charge < -0.3 is 10.0 Å². The standard InChI is InChI=1S/C13H17NO2/c1-9-4-3-5-12(10(9)2)13(16)14-6-11(7-14)8-15/h3-5,11,15H,6-8H2,1-2H3. The summed E-state index contributed by atoms with van der Waals surface area (Å²) >= 11 is 0. The molecule has 16 heavy (non-hydrogen) atoms. The van der Waals surface area contributed by atoms with Crippen LogP contribution in [0.3, 0.4) is 0 Å². The molecule has 0 radical (unpaired) electrons. The molecule has 1 fully saturated rings. The van der Waals surface area contributed by atoms with E-state index in [4.69, 9.17) is 5.11 Å². The Morgan fingerprint density at radius 1 is 1.44 bits per heavy atom. The smallest absolute Gasteiger partial charge is 0.254 e. The summed E-state index contributed by atoms with van der Waals surface area (Å²) in [4.78, 5) is 13.9. The van der Waals surface area contributed by atoms with Crippen molar-refractivity contribution in [1.82, 2.24) is 4.90 Å². The monoisotopic (exact) mass is 219 g/mol. The van der Waals surface area contributed by atoms with Gasteiger partial charge in [0.1, 0.15) is 0 Å². The van der Waals surface area contributed by atoms with E-state index in [-0.39, 0.29) is 18.4 Å². The van der Waals surface area contributed by atoms with E-state index in [2.05, 4.69) is 0 Å². The minimum absolute atomic E-state index is 0.0888. The molecule has 86 valence electrons. The number of aliphatic hydroxyl groups excluding tert-OH is 1. The number of amides is 1. The van der Waals surface area contributed by atoms with Gasteiger partial charge in [-0.15, -0.1) is 0 Å². The molecule has 0 spiro atoms. The highest BCUT2D eigenvalue weighted by Gasteiger charge is 2.31. The zero-order valence-electron chi connectivity index (χ0n) is 9.73. The first-order valence-electron chi connectivity index (χ1n) is 5.60. The number of nitrogens with zero attached hydrogens (tertiary/aromatic N) is 1. The summed E-state index contributed by atoms with van der Waals surface area (Å²) in [7, 11) is 0. The van der Waals surface area contributed by atoms with Crippen LogP contribution >= 0.6 is 0 Å². The summed E-state index contributed by atoms with van der Waals surface area (Å²) in [5, 5.41) is 8.92. The Balaban J connectivity index is 2.13. The van der Waals surface area contributed by atoms with Crippen LogP contribution in [-0.4, -0.2) is 35.6 Å². The SMILES string of the molecule is Cc1cccc(C(=O)N2CC(CO)C2)c1C. The summed E-state index contributed by atoms with van der Waals surface area (Å²) < 4.78 is 0. The molecule has 0 aliphatic carbocycles. The highest BCUT2D eigenvalue weighted by Crippen LogP contribution is 2.21. The number of rotatable bonds is 2. The molecule has 3 nitrogen and oxygen atoms in total. The van der Waals surface area contributed by atoms with E-state index in [1.807, 2.05) is 32.0 Å². The van der Waals surface area contributed by atoms with Gasteiger partial charge in [0.25, 0.3) is 5.91 Å². The van der Waals surface area contributed by atoms with Crippen LogP contribution in [0.4, 0.5) is 0 Å². The van der Waals surface area contributed by atoms with Crippen molar-refractivity contribution in [2.45, 2.75) is 13.8 Å². The Morgan fingerprint density at radius 3 is 2.75 bits per heavy atom. The van der Waals surface area contributed by atoms with Crippen molar-refractivity contribution in [3.8, 4) is 0 Å². The number of aryl methyl sites for hydroxylation is 1. The summed E-state index contributed by atoms with van der Waals surface area (Å²) in [5.41, 5.74) is 2.99. The van der Waals surface area contributed by atoms with Gasteiger partial charge in [0, 0.05) is 31.2 Å². The maximum absolute atomic E-state index is 12.1. The van der Waals surface area contributed by atoms with Crippen molar-refractivity contribution < 1.29 is 9.90 Å². The maximum atomic E-state index is 12.1. The molecule has 0 aromatic heterocycles. The van der Waals surface area contributed by atoms with Crippen molar-refractivity contribution in [2.75, 3.05) is 19.7 Å². The van der Waals surface area contributed by atoms with Gasteiger partial charge >= 0.3 is 0 Å². The zero-order valence-corrected chi connectivity index (χ0v) is 9.73. The van der Waals surface area contributed by atoms with Crippen molar-refractivity contribution >= 4 is 5.91 Å². The van der Waals surface area contributed by atoms with Crippen molar-refractivity contribution in [1.29, 1.82) is 0 Å². The molecule has 1 saturated heterocycles. The number of carbonyl (C=O) groups is 1. The molecule has 2 rings (SSSR count). The third-order valence-electron chi connectivity index (χ3n) is 3.34. The van der Waals surface area contributed by atoms with E-state index in [1.165, 1.54) is 0 Å². The zero-order chi connectivity index (χ0) is 11.7. The molecule has 1 aromatic rings. The highest BCUT2D eigenvalue weighted by atomic mass is 16.3. The van der Waals surface area contributed by atoms with Crippen molar-refractivity contribution in [3.05, 3.63) is 34.9 Å². The average molecular weight is 219 g/mol. The number of hydrogen-bond acceptors (Lipinski definition) is 2. The Morgan fingerprint density at radius 2 is 2.12 bits per heavy atom. The van der Waals surface area contributed by atoms with Gasteiger partial charge in [-0.2, -0.15) is 0 Å². The van der Waals surface area contributed by atoms with Gasteiger partial charge in [-0.05, 0) is 31.0 Å². The van der Waals surface area contributed by atoms with Crippen molar-refractivity contribution in [3.63, 3.8) is 0 Å². The fourth-order valence-corrected chi connectivity index (χ4v) is 2.00. The summed E-state index contributed by atoms with van der Waals surface area (Å²) in [6.07, 6.45) is 0. The molecule has 0 unspecified atom stereocenters. The van der Waals surface area contributed by atoms with E-state index < -0.39 is 0 Å². The lowest BCUT2D eigenvalue weighted by Gasteiger charge is -2.38. The predicted octanol–water partition coefficient (Wildman–Crippen LogP) is 1.37. The molecule has 1 aliphatic heterocycles. The van der Waals surface area contributed by atoms with Crippen LogP contribution in [0.2, 0.25) is 0 Å². The number of hydrogen-bond donors (Lipinski definition) is 1. The molecular weight excluding hydrogens is 202 g/mol. The van der Waals surface area contributed by atoms with Gasteiger partial charge in [-0.25, -0.2) is 0 Å². The first-order chi connectivity index (χ1) is 7.63. The van der Waals surface area contributed by atoms with Crippen LogP contribution in [0.5, 0.6) is 0 Å². The molecular formula is C13H17NO2. The van der Waals surface area contributed by atoms with Crippen molar-refractivity contribution in [2.24, 2.45) is 5.92 Å². The van der Waals surface area contributed by atoms with Crippen LogP contribution in [0.15, 0.2) is 18.2 Å². The number of carbonyl (C=O) groups excluding carboxylic acids is 1.